The van der Waals surface area contributed by atoms with Crippen molar-refractivity contribution in [1.29, 1.82) is 0 Å². The van der Waals surface area contributed by atoms with Crippen LogP contribution in [0.25, 0.3) is 16.3 Å². The maximum Gasteiger partial charge on any atom is 0.123 e. The van der Waals surface area contributed by atoms with E-state index in [0.717, 1.165) is 26.4 Å². The summed E-state index contributed by atoms with van der Waals surface area (Å²) in [5.41, 5.74) is 14.1. The maximum absolute atomic E-state index is 5.65. The topological polar surface area (TPSA) is 77.8 Å². The number of anilines is 1. The lowest BCUT2D eigenvalue weighted by atomic mass is 10.2. The molecule has 1 aromatic carbocycles. The number of pyridine rings is 1. The molecule has 0 aliphatic heterocycles. The van der Waals surface area contributed by atoms with Crippen LogP contribution in [0.3, 0.4) is 0 Å². The first-order valence-electron chi connectivity index (χ1n) is 6.74. The standard InChI is InChI=1S/C17H14N4S/c18-10-13-5-7-14-15(9-13)22-17(21-14)4-2-1-3-12-6-8-16(19)20-11-12/h2,4-9,11H,10,18H2,(H2,19,20)/b4-2+. The predicted octanol–water partition coefficient (Wildman–Crippen LogP) is 2.80. The van der Waals surface area contributed by atoms with Crippen LogP contribution in [0.15, 0.2) is 42.6 Å². The van der Waals surface area contributed by atoms with Gasteiger partial charge in [0.15, 0.2) is 0 Å². The molecule has 5 heteroatoms. The summed E-state index contributed by atoms with van der Waals surface area (Å²) >= 11 is 1.62. The van der Waals surface area contributed by atoms with Crippen LogP contribution in [0.2, 0.25) is 0 Å². The number of rotatable bonds is 2. The Kier molecular flexibility index (Phi) is 4.15. The molecule has 0 fully saturated rings. The van der Waals surface area contributed by atoms with Gasteiger partial charge in [-0.2, -0.15) is 0 Å². The van der Waals surface area contributed by atoms with Gasteiger partial charge in [0.25, 0.3) is 0 Å². The van der Waals surface area contributed by atoms with Gasteiger partial charge in [-0.3, -0.25) is 0 Å². The Morgan fingerprint density at radius 2 is 2.14 bits per heavy atom. The summed E-state index contributed by atoms with van der Waals surface area (Å²) in [6, 6.07) is 9.65. The second-order valence-corrected chi connectivity index (χ2v) is 5.69. The molecule has 0 aliphatic carbocycles. The first-order valence-corrected chi connectivity index (χ1v) is 7.55. The number of hydrogen-bond acceptors (Lipinski definition) is 5. The van der Waals surface area contributed by atoms with Crippen molar-refractivity contribution >= 4 is 33.4 Å². The summed E-state index contributed by atoms with van der Waals surface area (Å²) in [7, 11) is 0. The van der Waals surface area contributed by atoms with E-state index in [1.165, 1.54) is 0 Å². The number of nitrogens with two attached hydrogens (primary N) is 2. The monoisotopic (exact) mass is 306 g/mol. The second kappa shape index (κ2) is 6.39. The van der Waals surface area contributed by atoms with Crippen LogP contribution in [-0.4, -0.2) is 9.97 Å². The lowest BCUT2D eigenvalue weighted by Crippen LogP contribution is -1.94. The number of benzene rings is 1. The third kappa shape index (κ3) is 3.31. The number of allylic oxidation sites excluding steroid dienone is 1. The van der Waals surface area contributed by atoms with Crippen LogP contribution in [-0.2, 0) is 6.54 Å². The third-order valence-electron chi connectivity index (χ3n) is 3.02. The summed E-state index contributed by atoms with van der Waals surface area (Å²) in [5, 5.41) is 0.925. The Morgan fingerprint density at radius 3 is 2.91 bits per heavy atom. The molecule has 4 N–H and O–H groups in total. The highest BCUT2D eigenvalue weighted by molar-refractivity contribution is 7.19. The van der Waals surface area contributed by atoms with E-state index < -0.39 is 0 Å². The zero-order chi connectivity index (χ0) is 15.4. The van der Waals surface area contributed by atoms with Crippen molar-refractivity contribution in [2.24, 2.45) is 5.73 Å². The molecule has 0 saturated heterocycles. The fourth-order valence-corrected chi connectivity index (χ4v) is 2.84. The van der Waals surface area contributed by atoms with E-state index in [1.54, 1.807) is 29.7 Å². The van der Waals surface area contributed by atoms with E-state index in [4.69, 9.17) is 11.5 Å². The minimum absolute atomic E-state index is 0.493. The largest absolute Gasteiger partial charge is 0.384 e. The Labute approximate surface area is 132 Å². The molecule has 0 saturated carbocycles. The molecule has 2 heterocycles. The average molecular weight is 306 g/mol. The molecule has 0 amide bonds. The fraction of sp³-hybridized carbons (Fsp3) is 0.0588. The Hall–Kier alpha value is -2.68. The predicted molar refractivity (Wildman–Crippen MR) is 92.1 cm³/mol. The van der Waals surface area contributed by atoms with Gasteiger partial charge in [-0.1, -0.05) is 17.9 Å². The Balaban J connectivity index is 1.77. The van der Waals surface area contributed by atoms with Crippen LogP contribution in [0.1, 0.15) is 16.1 Å². The van der Waals surface area contributed by atoms with Crippen molar-refractivity contribution in [3.63, 3.8) is 0 Å². The highest BCUT2D eigenvalue weighted by Gasteiger charge is 2.01. The normalized spacial score (nSPS) is 10.8. The smallest absolute Gasteiger partial charge is 0.123 e. The van der Waals surface area contributed by atoms with E-state index >= 15 is 0 Å². The zero-order valence-corrected chi connectivity index (χ0v) is 12.6. The Bertz CT molecular complexity index is 882. The van der Waals surface area contributed by atoms with Crippen LogP contribution < -0.4 is 11.5 Å². The van der Waals surface area contributed by atoms with Gasteiger partial charge < -0.3 is 11.5 Å². The van der Waals surface area contributed by atoms with Crippen molar-refractivity contribution in [2.75, 3.05) is 5.73 Å². The Morgan fingerprint density at radius 1 is 1.23 bits per heavy atom. The third-order valence-corrected chi connectivity index (χ3v) is 4.00. The van der Waals surface area contributed by atoms with Crippen molar-refractivity contribution in [3.8, 4) is 11.8 Å². The van der Waals surface area contributed by atoms with Gasteiger partial charge in [0.2, 0.25) is 0 Å². The summed E-state index contributed by atoms with van der Waals surface area (Å²) in [4.78, 5) is 8.53. The SMILES string of the molecule is NCc1ccc2nc(/C=C/C#Cc3ccc(N)nc3)sc2c1. The van der Waals surface area contributed by atoms with Crippen molar-refractivity contribution in [1.82, 2.24) is 9.97 Å². The van der Waals surface area contributed by atoms with E-state index in [1.807, 2.05) is 24.3 Å². The van der Waals surface area contributed by atoms with E-state index in [0.29, 0.717) is 12.4 Å². The zero-order valence-electron chi connectivity index (χ0n) is 11.8. The number of hydrogen-bond donors (Lipinski definition) is 2. The van der Waals surface area contributed by atoms with E-state index in [2.05, 4.69) is 27.9 Å². The number of nitrogen functional groups attached to an aromatic ring is 1. The van der Waals surface area contributed by atoms with Crippen molar-refractivity contribution in [2.45, 2.75) is 6.54 Å². The molecule has 22 heavy (non-hydrogen) atoms. The van der Waals surface area contributed by atoms with Gasteiger partial charge in [0.05, 0.1) is 10.2 Å². The van der Waals surface area contributed by atoms with Gasteiger partial charge in [0, 0.05) is 18.3 Å². The second-order valence-electron chi connectivity index (χ2n) is 4.63. The van der Waals surface area contributed by atoms with Crippen molar-refractivity contribution < 1.29 is 0 Å². The summed E-state index contributed by atoms with van der Waals surface area (Å²) in [5.74, 6) is 6.46. The number of thiazole rings is 1. The van der Waals surface area contributed by atoms with Crippen molar-refractivity contribution in [3.05, 3.63) is 58.7 Å². The van der Waals surface area contributed by atoms with Gasteiger partial charge in [0.1, 0.15) is 10.8 Å². The highest BCUT2D eigenvalue weighted by Crippen LogP contribution is 2.24. The van der Waals surface area contributed by atoms with Gasteiger partial charge in [-0.05, 0) is 42.0 Å². The van der Waals surface area contributed by atoms with Crippen LogP contribution in [0, 0.1) is 11.8 Å². The fourth-order valence-electron chi connectivity index (χ4n) is 1.90. The molecule has 0 atom stereocenters. The molecular weight excluding hydrogens is 292 g/mol. The number of fused-ring (bicyclic) bond motifs is 1. The molecule has 3 aromatic rings. The quantitative estimate of drug-likeness (QED) is 0.714. The molecule has 0 aliphatic rings. The summed E-state index contributed by atoms with van der Waals surface area (Å²) in [6.45, 7) is 0.542. The van der Waals surface area contributed by atoms with Crippen LogP contribution in [0.5, 0.6) is 0 Å². The molecule has 0 bridgehead atoms. The lowest BCUT2D eigenvalue weighted by Gasteiger charge is -1.93. The minimum Gasteiger partial charge on any atom is -0.384 e. The maximum atomic E-state index is 5.65. The molecule has 108 valence electrons. The molecular formula is C17H14N4S. The molecule has 4 nitrogen and oxygen atoms in total. The van der Waals surface area contributed by atoms with Gasteiger partial charge in [-0.25, -0.2) is 9.97 Å². The van der Waals surface area contributed by atoms with Crippen LogP contribution in [0.4, 0.5) is 5.82 Å². The highest BCUT2D eigenvalue weighted by atomic mass is 32.1. The van der Waals surface area contributed by atoms with E-state index in [9.17, 15) is 0 Å². The number of aromatic nitrogens is 2. The summed E-state index contributed by atoms with van der Waals surface area (Å²) < 4.78 is 1.14. The average Bonchev–Trinajstić information content (AvgIpc) is 2.95. The first-order chi connectivity index (χ1) is 10.7. The lowest BCUT2D eigenvalue weighted by molar-refractivity contribution is 1.08. The van der Waals surface area contributed by atoms with Gasteiger partial charge in [-0.15, -0.1) is 11.3 Å². The van der Waals surface area contributed by atoms with E-state index in [-0.39, 0.29) is 0 Å². The summed E-state index contributed by atoms with van der Waals surface area (Å²) in [6.07, 6.45) is 5.35. The molecule has 3 rings (SSSR count). The molecule has 0 radical (unpaired) electrons. The van der Waals surface area contributed by atoms with Crippen LogP contribution >= 0.6 is 11.3 Å². The number of nitrogens with zero attached hydrogens (tertiary/aromatic N) is 2. The minimum atomic E-state index is 0.493. The van der Waals surface area contributed by atoms with Gasteiger partial charge >= 0.3 is 0 Å². The molecule has 0 unspecified atom stereocenters. The first kappa shape index (κ1) is 14.3. The molecule has 2 aromatic heterocycles. The molecule has 0 spiro atoms.